The summed E-state index contributed by atoms with van der Waals surface area (Å²) in [7, 11) is 0. The fraction of sp³-hybridized carbons (Fsp3) is 0.200. The summed E-state index contributed by atoms with van der Waals surface area (Å²) in [5, 5.41) is 16.0. The van der Waals surface area contributed by atoms with Crippen LogP contribution in [-0.4, -0.2) is 30.5 Å². The molecule has 5 aromatic rings. The van der Waals surface area contributed by atoms with Crippen molar-refractivity contribution in [3.8, 4) is 10.4 Å². The second-order valence-corrected chi connectivity index (χ2v) is 9.54. The maximum absolute atomic E-state index is 13.0. The Morgan fingerprint density at radius 1 is 1.03 bits per heavy atom. The predicted molar refractivity (Wildman–Crippen MR) is 136 cm³/mol. The number of aromatic nitrogens is 5. The first kappa shape index (κ1) is 22.3. The van der Waals surface area contributed by atoms with Gasteiger partial charge in [-0.2, -0.15) is 10.2 Å². The molecule has 4 heterocycles. The van der Waals surface area contributed by atoms with Crippen LogP contribution in [0.3, 0.4) is 0 Å². The molecule has 9 heteroatoms. The van der Waals surface area contributed by atoms with E-state index in [0.717, 1.165) is 44.2 Å². The molecule has 0 aliphatic carbocycles. The summed E-state index contributed by atoms with van der Waals surface area (Å²) in [6.07, 6.45) is 1.77. The Balaban J connectivity index is 1.37. The molecule has 172 valence electrons. The smallest absolute Gasteiger partial charge is 0.246 e. The number of hydrogen-bond donors (Lipinski definition) is 1. The molecule has 0 saturated heterocycles. The second kappa shape index (κ2) is 9.04. The van der Waals surface area contributed by atoms with Crippen LogP contribution in [0.5, 0.6) is 0 Å². The first-order valence-electron chi connectivity index (χ1n) is 10.8. The van der Waals surface area contributed by atoms with Crippen LogP contribution in [0.15, 0.2) is 54.0 Å². The van der Waals surface area contributed by atoms with Crippen molar-refractivity contribution in [3.05, 3.63) is 81.7 Å². The molecule has 1 aromatic carbocycles. The molecule has 0 atom stereocenters. The Labute approximate surface area is 206 Å². The number of anilines is 1. The summed E-state index contributed by atoms with van der Waals surface area (Å²) in [5.41, 5.74) is 6.09. The SMILES string of the molecule is Cc1nn(Cc2ccc(Cl)cc2)c(C)c1NC(=O)Cn1nc(C)c2c(-c3cccs3)ccnc21. The number of nitrogens with zero attached hydrogens (tertiary/aromatic N) is 5. The lowest BCUT2D eigenvalue weighted by atomic mass is 10.1. The van der Waals surface area contributed by atoms with Crippen molar-refractivity contribution >= 4 is 45.6 Å². The van der Waals surface area contributed by atoms with Gasteiger partial charge in [0.1, 0.15) is 6.54 Å². The Kier molecular flexibility index (Phi) is 5.93. The van der Waals surface area contributed by atoms with Gasteiger partial charge in [0, 0.05) is 21.7 Å². The topological polar surface area (TPSA) is 77.6 Å². The minimum absolute atomic E-state index is 0.0620. The molecule has 1 amide bonds. The Morgan fingerprint density at radius 2 is 1.79 bits per heavy atom. The number of amides is 1. The molecule has 1 N–H and O–H groups in total. The van der Waals surface area contributed by atoms with Gasteiger partial charge in [0.05, 0.1) is 34.7 Å². The van der Waals surface area contributed by atoms with Crippen molar-refractivity contribution in [3.63, 3.8) is 0 Å². The van der Waals surface area contributed by atoms with Crippen molar-refractivity contribution in [1.29, 1.82) is 0 Å². The normalized spacial score (nSPS) is 11.3. The standard InChI is InChI=1S/C25H23ClN6OS/c1-15-23-20(21-5-4-12-34-21)10-11-27-25(23)32(29-15)14-22(33)28-24-16(2)30-31(17(24)3)13-18-6-8-19(26)9-7-18/h4-12H,13-14H2,1-3H3,(H,28,33). The minimum Gasteiger partial charge on any atom is -0.321 e. The van der Waals surface area contributed by atoms with Gasteiger partial charge in [-0.25, -0.2) is 9.67 Å². The first-order chi connectivity index (χ1) is 16.4. The quantitative estimate of drug-likeness (QED) is 0.335. The molecule has 0 spiro atoms. The number of fused-ring (bicyclic) bond motifs is 1. The number of carbonyl (C=O) groups is 1. The van der Waals surface area contributed by atoms with E-state index >= 15 is 0 Å². The molecule has 5 rings (SSSR count). The molecular formula is C25H23ClN6OS. The summed E-state index contributed by atoms with van der Waals surface area (Å²) in [6, 6.07) is 13.8. The summed E-state index contributed by atoms with van der Waals surface area (Å²) in [5.74, 6) is -0.176. The molecule has 0 unspecified atom stereocenters. The zero-order valence-corrected chi connectivity index (χ0v) is 20.6. The van der Waals surface area contributed by atoms with Gasteiger partial charge in [-0.1, -0.05) is 29.8 Å². The lowest BCUT2D eigenvalue weighted by Gasteiger charge is -2.08. The lowest BCUT2D eigenvalue weighted by molar-refractivity contribution is -0.116. The number of halogens is 1. The average molecular weight is 491 g/mol. The Bertz CT molecular complexity index is 1480. The molecule has 0 saturated carbocycles. The fourth-order valence-electron chi connectivity index (χ4n) is 4.14. The van der Waals surface area contributed by atoms with Crippen LogP contribution in [0.2, 0.25) is 5.02 Å². The Hall–Kier alpha value is -3.49. The summed E-state index contributed by atoms with van der Waals surface area (Å²) >= 11 is 7.66. The van der Waals surface area contributed by atoms with Crippen molar-refractivity contribution < 1.29 is 4.79 Å². The number of rotatable bonds is 6. The molecule has 0 fully saturated rings. The van der Waals surface area contributed by atoms with Gasteiger partial charge in [-0.05, 0) is 56.0 Å². The molecule has 4 aromatic heterocycles. The van der Waals surface area contributed by atoms with Crippen LogP contribution >= 0.6 is 22.9 Å². The van der Waals surface area contributed by atoms with E-state index in [9.17, 15) is 4.79 Å². The van der Waals surface area contributed by atoms with Gasteiger partial charge in [-0.15, -0.1) is 11.3 Å². The Morgan fingerprint density at radius 3 is 2.53 bits per heavy atom. The lowest BCUT2D eigenvalue weighted by Crippen LogP contribution is -2.20. The number of aryl methyl sites for hydroxylation is 2. The van der Waals surface area contributed by atoms with E-state index in [1.165, 1.54) is 0 Å². The highest BCUT2D eigenvalue weighted by Gasteiger charge is 2.19. The second-order valence-electron chi connectivity index (χ2n) is 8.16. The zero-order valence-electron chi connectivity index (χ0n) is 19.0. The van der Waals surface area contributed by atoms with Crippen LogP contribution in [-0.2, 0) is 17.9 Å². The van der Waals surface area contributed by atoms with E-state index in [2.05, 4.69) is 26.6 Å². The van der Waals surface area contributed by atoms with E-state index in [4.69, 9.17) is 11.6 Å². The van der Waals surface area contributed by atoms with Gasteiger partial charge in [0.25, 0.3) is 0 Å². The van der Waals surface area contributed by atoms with E-state index in [0.29, 0.717) is 17.2 Å². The van der Waals surface area contributed by atoms with Gasteiger partial charge in [-0.3, -0.25) is 9.48 Å². The van der Waals surface area contributed by atoms with Crippen LogP contribution in [0, 0.1) is 20.8 Å². The number of hydrogen-bond acceptors (Lipinski definition) is 5. The third-order valence-corrected chi connectivity index (χ3v) is 6.93. The number of benzene rings is 1. The highest BCUT2D eigenvalue weighted by atomic mass is 35.5. The molecule has 34 heavy (non-hydrogen) atoms. The first-order valence-corrected chi connectivity index (χ1v) is 12.1. The maximum Gasteiger partial charge on any atom is 0.246 e. The number of thiophene rings is 1. The molecule has 0 bridgehead atoms. The summed E-state index contributed by atoms with van der Waals surface area (Å²) in [4.78, 5) is 18.7. The van der Waals surface area contributed by atoms with E-state index in [1.807, 2.05) is 67.2 Å². The fourth-order valence-corrected chi connectivity index (χ4v) is 5.02. The summed E-state index contributed by atoms with van der Waals surface area (Å²) in [6.45, 7) is 6.45. The van der Waals surface area contributed by atoms with Crippen LogP contribution in [0.25, 0.3) is 21.5 Å². The monoisotopic (exact) mass is 490 g/mol. The van der Waals surface area contributed by atoms with Crippen molar-refractivity contribution in [2.75, 3.05) is 5.32 Å². The van der Waals surface area contributed by atoms with Crippen LogP contribution in [0.4, 0.5) is 5.69 Å². The van der Waals surface area contributed by atoms with Gasteiger partial charge in [0.15, 0.2) is 5.65 Å². The molecule has 7 nitrogen and oxygen atoms in total. The average Bonchev–Trinajstić information content (AvgIpc) is 3.52. The highest BCUT2D eigenvalue weighted by Crippen LogP contribution is 2.32. The van der Waals surface area contributed by atoms with Crippen molar-refractivity contribution in [1.82, 2.24) is 24.5 Å². The van der Waals surface area contributed by atoms with E-state index < -0.39 is 0 Å². The van der Waals surface area contributed by atoms with Crippen LogP contribution in [0.1, 0.15) is 22.6 Å². The number of pyridine rings is 1. The predicted octanol–water partition coefficient (Wildman–Crippen LogP) is 5.62. The molecular weight excluding hydrogens is 468 g/mol. The van der Waals surface area contributed by atoms with E-state index in [1.54, 1.807) is 22.2 Å². The van der Waals surface area contributed by atoms with E-state index in [-0.39, 0.29) is 12.5 Å². The largest absolute Gasteiger partial charge is 0.321 e. The maximum atomic E-state index is 13.0. The zero-order chi connectivity index (χ0) is 23.8. The molecule has 0 aliphatic rings. The summed E-state index contributed by atoms with van der Waals surface area (Å²) < 4.78 is 3.55. The number of carbonyl (C=O) groups excluding carboxylic acids is 1. The van der Waals surface area contributed by atoms with Gasteiger partial charge >= 0.3 is 0 Å². The van der Waals surface area contributed by atoms with Crippen molar-refractivity contribution in [2.45, 2.75) is 33.9 Å². The number of nitrogens with one attached hydrogen (secondary N) is 1. The third kappa shape index (κ3) is 4.22. The van der Waals surface area contributed by atoms with Crippen LogP contribution < -0.4 is 5.32 Å². The van der Waals surface area contributed by atoms with Crippen molar-refractivity contribution in [2.24, 2.45) is 0 Å². The van der Waals surface area contributed by atoms with Gasteiger partial charge < -0.3 is 5.32 Å². The third-order valence-electron chi connectivity index (χ3n) is 5.78. The highest BCUT2D eigenvalue weighted by molar-refractivity contribution is 7.13. The minimum atomic E-state index is -0.176. The molecule has 0 aliphatic heterocycles. The molecule has 0 radical (unpaired) electrons. The van der Waals surface area contributed by atoms with Gasteiger partial charge in [0.2, 0.25) is 5.91 Å².